The lowest BCUT2D eigenvalue weighted by Gasteiger charge is -2.22. The molecule has 5 heteroatoms. The van der Waals surface area contributed by atoms with Crippen molar-refractivity contribution < 1.29 is 9.59 Å². The number of hydrogen-bond donors (Lipinski definition) is 1. The second kappa shape index (κ2) is 7.87. The molecule has 0 saturated carbocycles. The lowest BCUT2D eigenvalue weighted by atomic mass is 10.2. The van der Waals surface area contributed by atoms with Crippen molar-refractivity contribution in [1.82, 2.24) is 4.90 Å². The van der Waals surface area contributed by atoms with Gasteiger partial charge in [-0.1, -0.05) is 46.3 Å². The van der Waals surface area contributed by atoms with Gasteiger partial charge in [0, 0.05) is 31.3 Å². The second-order valence-corrected chi connectivity index (χ2v) is 4.75. The highest BCUT2D eigenvalue weighted by Gasteiger charge is 2.13. The van der Waals surface area contributed by atoms with E-state index in [4.69, 9.17) is 5.73 Å². The molecule has 2 N–H and O–H groups in total. The smallest absolute Gasteiger partial charge is 0.223 e. The minimum Gasteiger partial charge on any atom is -0.370 e. The molecule has 0 unspecified atom stereocenters. The molecule has 0 fully saturated rings. The molecule has 0 aliphatic carbocycles. The number of benzene rings is 1. The Bertz CT molecular complexity index is 395. The first-order valence-electron chi connectivity index (χ1n) is 5.79. The normalized spacial score (nSPS) is 10.1. The minimum atomic E-state index is -0.389. The quantitative estimate of drug-likeness (QED) is 0.778. The van der Waals surface area contributed by atoms with Gasteiger partial charge < -0.3 is 10.6 Å². The van der Waals surface area contributed by atoms with Crippen molar-refractivity contribution in [1.29, 1.82) is 0 Å². The van der Waals surface area contributed by atoms with Gasteiger partial charge in [-0.3, -0.25) is 9.59 Å². The predicted molar refractivity (Wildman–Crippen MR) is 74.1 cm³/mol. The standard InChI is InChI=1S/C13H17BrN2O2/c14-8-6-13(18)16(9-7-12(15)17)10-11-4-2-1-3-5-11/h1-5H,6-10H2,(H2,15,17). The van der Waals surface area contributed by atoms with Crippen LogP contribution in [-0.4, -0.2) is 28.6 Å². The number of halogens is 1. The lowest BCUT2D eigenvalue weighted by molar-refractivity contribution is -0.131. The maximum atomic E-state index is 11.9. The summed E-state index contributed by atoms with van der Waals surface area (Å²) >= 11 is 3.24. The third-order valence-corrected chi connectivity index (χ3v) is 2.90. The minimum absolute atomic E-state index is 0.0250. The van der Waals surface area contributed by atoms with Crippen molar-refractivity contribution in [3.8, 4) is 0 Å². The van der Waals surface area contributed by atoms with E-state index in [0.29, 0.717) is 24.8 Å². The number of nitrogens with zero attached hydrogens (tertiary/aromatic N) is 1. The zero-order valence-corrected chi connectivity index (χ0v) is 11.7. The largest absolute Gasteiger partial charge is 0.370 e. The van der Waals surface area contributed by atoms with Gasteiger partial charge in [-0.05, 0) is 5.56 Å². The van der Waals surface area contributed by atoms with E-state index < -0.39 is 0 Å². The topological polar surface area (TPSA) is 63.4 Å². The molecule has 1 aromatic rings. The molecule has 1 aromatic carbocycles. The van der Waals surface area contributed by atoms with Crippen LogP contribution in [0.4, 0.5) is 0 Å². The number of rotatable bonds is 7. The van der Waals surface area contributed by atoms with Gasteiger partial charge in [0.15, 0.2) is 0 Å². The number of carbonyl (C=O) groups excluding carboxylic acids is 2. The van der Waals surface area contributed by atoms with Crippen LogP contribution in [0.15, 0.2) is 30.3 Å². The van der Waals surface area contributed by atoms with Gasteiger partial charge in [0.2, 0.25) is 11.8 Å². The highest BCUT2D eigenvalue weighted by Crippen LogP contribution is 2.07. The Labute approximate surface area is 115 Å². The predicted octanol–water partition coefficient (Wildman–Crippen LogP) is 1.68. The van der Waals surface area contributed by atoms with Crippen molar-refractivity contribution in [2.45, 2.75) is 19.4 Å². The molecule has 0 radical (unpaired) electrons. The Morgan fingerprint density at radius 3 is 2.39 bits per heavy atom. The van der Waals surface area contributed by atoms with E-state index in [0.717, 1.165) is 5.56 Å². The fourth-order valence-electron chi connectivity index (χ4n) is 1.58. The monoisotopic (exact) mass is 312 g/mol. The summed E-state index contributed by atoms with van der Waals surface area (Å²) in [5.41, 5.74) is 6.17. The summed E-state index contributed by atoms with van der Waals surface area (Å²) in [6, 6.07) is 9.70. The molecule has 0 saturated heterocycles. The van der Waals surface area contributed by atoms with E-state index in [2.05, 4.69) is 15.9 Å². The summed E-state index contributed by atoms with van der Waals surface area (Å²) in [6.45, 7) is 0.885. The van der Waals surface area contributed by atoms with Crippen LogP contribution >= 0.6 is 15.9 Å². The van der Waals surface area contributed by atoms with Gasteiger partial charge >= 0.3 is 0 Å². The molecule has 1 rings (SSSR count). The van der Waals surface area contributed by atoms with E-state index in [-0.39, 0.29) is 18.2 Å². The zero-order chi connectivity index (χ0) is 13.4. The first-order valence-corrected chi connectivity index (χ1v) is 6.91. The Balaban J connectivity index is 2.64. The maximum absolute atomic E-state index is 11.9. The fourth-order valence-corrected chi connectivity index (χ4v) is 1.92. The van der Waals surface area contributed by atoms with Gasteiger partial charge in [0.05, 0.1) is 0 Å². The Kier molecular flexibility index (Phi) is 6.43. The van der Waals surface area contributed by atoms with E-state index >= 15 is 0 Å². The maximum Gasteiger partial charge on any atom is 0.223 e. The molecular formula is C13H17BrN2O2. The summed E-state index contributed by atoms with van der Waals surface area (Å²) in [6.07, 6.45) is 0.618. The average Bonchev–Trinajstić information content (AvgIpc) is 2.35. The van der Waals surface area contributed by atoms with E-state index in [1.54, 1.807) is 4.90 Å². The van der Waals surface area contributed by atoms with Crippen molar-refractivity contribution >= 4 is 27.7 Å². The summed E-state index contributed by atoms with van der Waals surface area (Å²) in [4.78, 5) is 24.4. The van der Waals surface area contributed by atoms with Crippen molar-refractivity contribution in [2.24, 2.45) is 5.73 Å². The van der Waals surface area contributed by atoms with Crippen LogP contribution in [0.3, 0.4) is 0 Å². The SMILES string of the molecule is NC(=O)CCN(Cc1ccccc1)C(=O)CCBr. The highest BCUT2D eigenvalue weighted by atomic mass is 79.9. The van der Waals surface area contributed by atoms with Gasteiger partial charge in [0.25, 0.3) is 0 Å². The molecule has 18 heavy (non-hydrogen) atoms. The summed E-state index contributed by atoms with van der Waals surface area (Å²) in [7, 11) is 0. The third kappa shape index (κ3) is 5.31. The third-order valence-electron chi connectivity index (χ3n) is 2.51. The fraction of sp³-hybridized carbons (Fsp3) is 0.385. The number of nitrogens with two attached hydrogens (primary N) is 1. The number of carbonyl (C=O) groups is 2. The molecule has 0 aromatic heterocycles. The van der Waals surface area contributed by atoms with Crippen LogP contribution in [0.5, 0.6) is 0 Å². The molecule has 0 heterocycles. The van der Waals surface area contributed by atoms with Crippen LogP contribution < -0.4 is 5.73 Å². The molecule has 98 valence electrons. The first-order chi connectivity index (χ1) is 8.63. The molecular weight excluding hydrogens is 296 g/mol. The van der Waals surface area contributed by atoms with E-state index in [9.17, 15) is 9.59 Å². The van der Waals surface area contributed by atoms with Gasteiger partial charge in [-0.15, -0.1) is 0 Å². The molecule has 4 nitrogen and oxygen atoms in total. The second-order valence-electron chi connectivity index (χ2n) is 3.96. The molecule has 2 amide bonds. The van der Waals surface area contributed by atoms with Gasteiger partial charge in [-0.2, -0.15) is 0 Å². The molecule has 0 aliphatic heterocycles. The van der Waals surface area contributed by atoms with Crippen LogP contribution in [0.1, 0.15) is 18.4 Å². The number of alkyl halides is 1. The molecule has 0 aliphatic rings. The van der Waals surface area contributed by atoms with Crippen molar-refractivity contribution in [2.75, 3.05) is 11.9 Å². The first kappa shape index (κ1) is 14.7. The van der Waals surface area contributed by atoms with Crippen LogP contribution in [-0.2, 0) is 16.1 Å². The number of primary amides is 1. The Morgan fingerprint density at radius 2 is 1.83 bits per heavy atom. The Morgan fingerprint density at radius 1 is 1.17 bits per heavy atom. The van der Waals surface area contributed by atoms with Crippen LogP contribution in [0.25, 0.3) is 0 Å². The van der Waals surface area contributed by atoms with Crippen molar-refractivity contribution in [3.63, 3.8) is 0 Å². The van der Waals surface area contributed by atoms with Crippen LogP contribution in [0.2, 0.25) is 0 Å². The summed E-state index contributed by atoms with van der Waals surface area (Å²) < 4.78 is 0. The zero-order valence-electron chi connectivity index (χ0n) is 10.1. The van der Waals surface area contributed by atoms with Gasteiger partial charge in [0.1, 0.15) is 0 Å². The molecule has 0 spiro atoms. The number of hydrogen-bond acceptors (Lipinski definition) is 2. The summed E-state index contributed by atoms with van der Waals surface area (Å²) in [5, 5.41) is 0.619. The van der Waals surface area contributed by atoms with Gasteiger partial charge in [-0.25, -0.2) is 0 Å². The lowest BCUT2D eigenvalue weighted by Crippen LogP contribution is -2.33. The van der Waals surface area contributed by atoms with Crippen molar-refractivity contribution in [3.05, 3.63) is 35.9 Å². The molecule has 0 atom stereocenters. The van der Waals surface area contributed by atoms with E-state index in [1.807, 2.05) is 30.3 Å². The van der Waals surface area contributed by atoms with E-state index in [1.165, 1.54) is 0 Å². The average molecular weight is 313 g/mol. The number of amides is 2. The Hall–Kier alpha value is -1.36. The highest BCUT2D eigenvalue weighted by molar-refractivity contribution is 9.09. The summed E-state index contributed by atoms with van der Waals surface area (Å²) in [5.74, 6) is -0.364. The molecule has 0 bridgehead atoms. The van der Waals surface area contributed by atoms with Crippen LogP contribution in [0, 0.1) is 0 Å².